The number of carboxylic acid groups (broad SMARTS) is 1. The van der Waals surface area contributed by atoms with Crippen molar-refractivity contribution in [1.29, 1.82) is 0 Å². The van der Waals surface area contributed by atoms with Gasteiger partial charge >= 0.3 is 5.97 Å². The van der Waals surface area contributed by atoms with Crippen LogP contribution in [0.15, 0.2) is 0 Å². The van der Waals surface area contributed by atoms with Crippen LogP contribution in [0.4, 0.5) is 0 Å². The molecule has 0 rings (SSSR count). The summed E-state index contributed by atoms with van der Waals surface area (Å²) in [7, 11) is 1.47. The third kappa shape index (κ3) is 5.06. The van der Waals surface area contributed by atoms with Gasteiger partial charge in [0, 0.05) is 13.7 Å². The van der Waals surface area contributed by atoms with Gasteiger partial charge in [-0.1, -0.05) is 0 Å². The molecule has 0 aromatic heterocycles. The molecule has 0 spiro atoms. The topological polar surface area (TPSA) is 122 Å². The smallest absolute Gasteiger partial charge is 0.328 e. The summed E-state index contributed by atoms with van der Waals surface area (Å²) in [6, 6.07) is -2.19. The fourth-order valence-electron chi connectivity index (χ4n) is 1.02. The molecule has 0 aromatic rings. The van der Waals surface area contributed by atoms with Gasteiger partial charge in [0.2, 0.25) is 5.91 Å². The molecular weight excluding hydrogens is 216 g/mol. The molecule has 0 radical (unpaired) electrons. The van der Waals surface area contributed by atoms with E-state index in [0.717, 1.165) is 0 Å². The summed E-state index contributed by atoms with van der Waals surface area (Å²) in [5.41, 5.74) is 5.49. The number of aliphatic carboxylic acids is 1. The van der Waals surface area contributed by atoms with Gasteiger partial charge < -0.3 is 26.0 Å². The third-order valence-electron chi connectivity index (χ3n) is 2.02. The Bertz CT molecular complexity index is 244. The minimum absolute atomic E-state index is 0.286. The number of methoxy groups -OCH3 is 1. The van der Waals surface area contributed by atoms with Crippen molar-refractivity contribution in [1.82, 2.24) is 5.32 Å². The van der Waals surface area contributed by atoms with Crippen molar-refractivity contribution in [2.24, 2.45) is 5.73 Å². The molecule has 1 unspecified atom stereocenters. The van der Waals surface area contributed by atoms with Gasteiger partial charge in [-0.05, 0) is 13.3 Å². The Morgan fingerprint density at radius 2 is 2.06 bits per heavy atom. The van der Waals surface area contributed by atoms with Crippen molar-refractivity contribution < 1.29 is 24.5 Å². The first-order valence-electron chi connectivity index (χ1n) is 4.86. The van der Waals surface area contributed by atoms with E-state index in [2.05, 4.69) is 5.32 Å². The highest BCUT2D eigenvalue weighted by Gasteiger charge is 2.26. The van der Waals surface area contributed by atoms with E-state index < -0.39 is 30.1 Å². The van der Waals surface area contributed by atoms with Gasteiger partial charge in [0.15, 0.2) is 6.04 Å². The number of carbonyl (C=O) groups is 2. The Labute approximate surface area is 93.6 Å². The minimum atomic E-state index is -1.35. The Hall–Kier alpha value is -1.18. The summed E-state index contributed by atoms with van der Waals surface area (Å²) >= 11 is 0. The number of ether oxygens (including phenoxy) is 1. The van der Waals surface area contributed by atoms with E-state index in [1.165, 1.54) is 14.0 Å². The first-order valence-corrected chi connectivity index (χ1v) is 4.86. The molecule has 0 aromatic carbocycles. The van der Waals surface area contributed by atoms with Gasteiger partial charge in [0.1, 0.15) is 0 Å². The van der Waals surface area contributed by atoms with Crippen LogP contribution in [-0.4, -0.2) is 54.0 Å². The van der Waals surface area contributed by atoms with Crippen LogP contribution in [0.3, 0.4) is 0 Å². The molecule has 0 aliphatic carbocycles. The molecule has 0 saturated carbocycles. The lowest BCUT2D eigenvalue weighted by Gasteiger charge is -2.19. The highest BCUT2D eigenvalue weighted by Crippen LogP contribution is 1.96. The lowest BCUT2D eigenvalue weighted by molar-refractivity contribution is -0.145. The maximum Gasteiger partial charge on any atom is 0.328 e. The van der Waals surface area contributed by atoms with Crippen LogP contribution in [0.2, 0.25) is 0 Å². The average molecular weight is 234 g/mol. The number of carboxylic acids is 1. The number of aliphatic hydroxyl groups is 1. The number of hydrogen-bond acceptors (Lipinski definition) is 5. The summed E-state index contributed by atoms with van der Waals surface area (Å²) in [5.74, 6) is -1.92. The van der Waals surface area contributed by atoms with Crippen molar-refractivity contribution in [3.63, 3.8) is 0 Å². The Morgan fingerprint density at radius 3 is 2.44 bits per heavy atom. The van der Waals surface area contributed by atoms with E-state index in [1.54, 1.807) is 0 Å². The second kappa shape index (κ2) is 7.15. The number of hydrogen-bond donors (Lipinski definition) is 4. The van der Waals surface area contributed by atoms with E-state index in [4.69, 9.17) is 20.7 Å². The highest BCUT2D eigenvalue weighted by atomic mass is 16.5. The normalized spacial score (nSPS) is 16.2. The summed E-state index contributed by atoms with van der Waals surface area (Å²) in [4.78, 5) is 22.1. The second-order valence-corrected chi connectivity index (χ2v) is 3.45. The Balaban J connectivity index is 4.24. The zero-order chi connectivity index (χ0) is 12.7. The van der Waals surface area contributed by atoms with Gasteiger partial charge in [-0.3, -0.25) is 4.79 Å². The highest BCUT2D eigenvalue weighted by molar-refractivity contribution is 5.87. The van der Waals surface area contributed by atoms with Gasteiger partial charge in [-0.25, -0.2) is 4.79 Å². The Kier molecular flexibility index (Phi) is 6.63. The van der Waals surface area contributed by atoms with E-state index >= 15 is 0 Å². The SMILES string of the molecule is COCCC(N)C(=O)N[C@H](C(=O)O)[C@@H](C)O. The first-order chi connectivity index (χ1) is 7.40. The van der Waals surface area contributed by atoms with E-state index in [0.29, 0.717) is 6.61 Å². The molecule has 7 nitrogen and oxygen atoms in total. The van der Waals surface area contributed by atoms with Crippen molar-refractivity contribution in [3.8, 4) is 0 Å². The van der Waals surface area contributed by atoms with Crippen LogP contribution in [0.1, 0.15) is 13.3 Å². The maximum atomic E-state index is 11.4. The maximum absolute atomic E-state index is 11.4. The molecule has 94 valence electrons. The molecule has 0 aliphatic heterocycles. The van der Waals surface area contributed by atoms with Gasteiger partial charge in [0.25, 0.3) is 0 Å². The lowest BCUT2D eigenvalue weighted by Crippen LogP contribution is -2.52. The molecule has 0 saturated heterocycles. The number of aliphatic hydroxyl groups excluding tert-OH is 1. The van der Waals surface area contributed by atoms with E-state index in [-0.39, 0.29) is 6.42 Å². The molecule has 0 aliphatic rings. The molecule has 1 amide bonds. The molecule has 7 heteroatoms. The van der Waals surface area contributed by atoms with Crippen LogP contribution < -0.4 is 11.1 Å². The molecule has 0 fully saturated rings. The number of nitrogens with one attached hydrogen (secondary N) is 1. The lowest BCUT2D eigenvalue weighted by atomic mass is 10.1. The number of carbonyl (C=O) groups excluding carboxylic acids is 1. The fourth-order valence-corrected chi connectivity index (χ4v) is 1.02. The Morgan fingerprint density at radius 1 is 1.50 bits per heavy atom. The van der Waals surface area contributed by atoms with Crippen molar-refractivity contribution >= 4 is 11.9 Å². The quantitative estimate of drug-likeness (QED) is 0.416. The van der Waals surface area contributed by atoms with E-state index in [1.807, 2.05) is 0 Å². The number of rotatable bonds is 7. The van der Waals surface area contributed by atoms with E-state index in [9.17, 15) is 9.59 Å². The summed E-state index contributed by atoms with van der Waals surface area (Å²) < 4.78 is 4.74. The molecule has 5 N–H and O–H groups in total. The summed E-state index contributed by atoms with van der Waals surface area (Å²) in [5, 5.41) is 20.0. The molecule has 0 bridgehead atoms. The van der Waals surface area contributed by atoms with Crippen LogP contribution in [0.5, 0.6) is 0 Å². The first kappa shape index (κ1) is 14.8. The predicted octanol–water partition coefficient (Wildman–Crippen LogP) is -1.70. The number of nitrogens with two attached hydrogens (primary N) is 1. The van der Waals surface area contributed by atoms with Crippen LogP contribution in [0, 0.1) is 0 Å². The second-order valence-electron chi connectivity index (χ2n) is 3.45. The zero-order valence-corrected chi connectivity index (χ0v) is 9.34. The van der Waals surface area contributed by atoms with Gasteiger partial charge in [-0.15, -0.1) is 0 Å². The van der Waals surface area contributed by atoms with Gasteiger partial charge in [-0.2, -0.15) is 0 Å². The molecule has 0 heterocycles. The van der Waals surface area contributed by atoms with Crippen LogP contribution in [0.25, 0.3) is 0 Å². The zero-order valence-electron chi connectivity index (χ0n) is 9.34. The molecular formula is C9H18N2O5. The van der Waals surface area contributed by atoms with Crippen molar-refractivity contribution in [3.05, 3.63) is 0 Å². The largest absolute Gasteiger partial charge is 0.480 e. The third-order valence-corrected chi connectivity index (χ3v) is 2.02. The van der Waals surface area contributed by atoms with Crippen LogP contribution >= 0.6 is 0 Å². The average Bonchev–Trinajstić information content (AvgIpc) is 2.20. The molecule has 16 heavy (non-hydrogen) atoms. The van der Waals surface area contributed by atoms with Crippen molar-refractivity contribution in [2.75, 3.05) is 13.7 Å². The minimum Gasteiger partial charge on any atom is -0.480 e. The van der Waals surface area contributed by atoms with Crippen LogP contribution in [-0.2, 0) is 14.3 Å². The summed E-state index contributed by atoms with van der Waals surface area (Å²) in [6.07, 6.45) is -0.898. The van der Waals surface area contributed by atoms with Crippen molar-refractivity contribution in [2.45, 2.75) is 31.5 Å². The monoisotopic (exact) mass is 234 g/mol. The summed E-state index contributed by atoms with van der Waals surface area (Å²) in [6.45, 7) is 1.58. The number of amides is 1. The fraction of sp³-hybridized carbons (Fsp3) is 0.778. The predicted molar refractivity (Wildman–Crippen MR) is 55.7 cm³/mol. The van der Waals surface area contributed by atoms with Gasteiger partial charge in [0.05, 0.1) is 12.1 Å². The molecule has 3 atom stereocenters. The standard InChI is InChI=1S/C9H18N2O5/c1-5(12)7(9(14)15)11-8(13)6(10)3-4-16-2/h5-7,12H,3-4,10H2,1-2H3,(H,11,13)(H,14,15)/t5-,6?,7+/m1/s1.